The number of hydrogen-bond donors (Lipinski definition) is 1. The third kappa shape index (κ3) is 1.89. The fourth-order valence-corrected chi connectivity index (χ4v) is 2.72. The van der Waals surface area contributed by atoms with Gasteiger partial charge in [-0.15, -0.1) is 0 Å². The van der Waals surface area contributed by atoms with Crippen molar-refractivity contribution in [2.75, 3.05) is 19.6 Å². The van der Waals surface area contributed by atoms with E-state index in [2.05, 4.69) is 24.1 Å². The van der Waals surface area contributed by atoms with Gasteiger partial charge in [0, 0.05) is 20.1 Å². The van der Waals surface area contributed by atoms with Crippen LogP contribution in [-0.4, -0.2) is 36.6 Å². The van der Waals surface area contributed by atoms with Gasteiger partial charge in [-0.25, -0.2) is 0 Å². The molecular formula is C11H24N2. The minimum Gasteiger partial charge on any atom is -0.312 e. The van der Waals surface area contributed by atoms with Gasteiger partial charge >= 0.3 is 0 Å². The SMILES string of the molecule is CCC(C)N1CCC2CCNC2C1.[HH]. The number of hydrogen-bond acceptors (Lipinski definition) is 2. The second kappa shape index (κ2) is 3.97. The van der Waals surface area contributed by atoms with Crippen LogP contribution in [0.4, 0.5) is 0 Å². The molecule has 0 aromatic rings. The molecule has 2 nitrogen and oxygen atoms in total. The summed E-state index contributed by atoms with van der Waals surface area (Å²) in [6.45, 7) is 8.52. The zero-order chi connectivity index (χ0) is 9.26. The minimum absolute atomic E-state index is 0. The Bertz CT molecular complexity index is 175. The first kappa shape index (κ1) is 9.47. The maximum absolute atomic E-state index is 3.63. The van der Waals surface area contributed by atoms with Crippen molar-refractivity contribution in [3.8, 4) is 0 Å². The molecule has 0 bridgehead atoms. The van der Waals surface area contributed by atoms with Gasteiger partial charge in [-0.3, -0.25) is 4.90 Å². The third-order valence-electron chi connectivity index (χ3n) is 3.92. The Morgan fingerprint density at radius 1 is 1.54 bits per heavy atom. The molecule has 2 fully saturated rings. The van der Waals surface area contributed by atoms with Gasteiger partial charge in [-0.2, -0.15) is 0 Å². The van der Waals surface area contributed by atoms with Crippen molar-refractivity contribution >= 4 is 0 Å². The van der Waals surface area contributed by atoms with Crippen molar-refractivity contribution in [3.63, 3.8) is 0 Å². The summed E-state index contributed by atoms with van der Waals surface area (Å²) in [5.74, 6) is 0.986. The molecule has 2 heterocycles. The Labute approximate surface area is 83.2 Å². The van der Waals surface area contributed by atoms with Gasteiger partial charge in [-0.1, -0.05) is 6.92 Å². The maximum Gasteiger partial charge on any atom is 0.0224 e. The molecular weight excluding hydrogens is 160 g/mol. The standard InChI is InChI=1S/C11H22N2.H2/c1-3-9(2)13-7-5-10-4-6-12-11(10)8-13;/h9-12H,3-8H2,1-2H3;1H. The van der Waals surface area contributed by atoms with E-state index in [1.54, 1.807) is 0 Å². The molecule has 0 spiro atoms. The molecule has 3 atom stereocenters. The summed E-state index contributed by atoms with van der Waals surface area (Å²) >= 11 is 0. The van der Waals surface area contributed by atoms with Gasteiger partial charge in [-0.05, 0) is 45.2 Å². The van der Waals surface area contributed by atoms with Crippen LogP contribution in [0.3, 0.4) is 0 Å². The van der Waals surface area contributed by atoms with Gasteiger partial charge in [0.2, 0.25) is 0 Å². The van der Waals surface area contributed by atoms with E-state index in [0.717, 1.165) is 18.0 Å². The monoisotopic (exact) mass is 184 g/mol. The highest BCUT2D eigenvalue weighted by Crippen LogP contribution is 2.26. The van der Waals surface area contributed by atoms with Crippen LogP contribution in [0.25, 0.3) is 0 Å². The largest absolute Gasteiger partial charge is 0.312 e. The quantitative estimate of drug-likeness (QED) is 0.703. The molecule has 0 amide bonds. The topological polar surface area (TPSA) is 15.3 Å². The molecule has 2 saturated heterocycles. The molecule has 2 aliphatic rings. The van der Waals surface area contributed by atoms with Crippen LogP contribution < -0.4 is 5.32 Å². The number of likely N-dealkylation sites (tertiary alicyclic amines) is 1. The average molecular weight is 184 g/mol. The molecule has 0 radical (unpaired) electrons. The highest BCUT2D eigenvalue weighted by Gasteiger charge is 2.33. The van der Waals surface area contributed by atoms with Gasteiger partial charge in [0.25, 0.3) is 0 Å². The van der Waals surface area contributed by atoms with Crippen molar-refractivity contribution < 1.29 is 1.43 Å². The molecule has 0 aromatic heterocycles. The second-order valence-corrected chi connectivity index (χ2v) is 4.65. The Kier molecular flexibility index (Phi) is 2.89. The zero-order valence-corrected chi connectivity index (χ0v) is 8.92. The predicted molar refractivity (Wildman–Crippen MR) is 58.0 cm³/mol. The van der Waals surface area contributed by atoms with E-state index in [-0.39, 0.29) is 1.43 Å². The average Bonchev–Trinajstić information content (AvgIpc) is 2.63. The Morgan fingerprint density at radius 3 is 3.15 bits per heavy atom. The number of piperidine rings is 1. The van der Waals surface area contributed by atoms with Crippen LogP contribution in [0.2, 0.25) is 0 Å². The number of rotatable bonds is 2. The second-order valence-electron chi connectivity index (χ2n) is 4.65. The first-order valence-corrected chi connectivity index (χ1v) is 5.78. The van der Waals surface area contributed by atoms with Crippen LogP contribution in [0.1, 0.15) is 34.5 Å². The van der Waals surface area contributed by atoms with E-state index in [0.29, 0.717) is 0 Å². The maximum atomic E-state index is 3.63. The van der Waals surface area contributed by atoms with Crippen molar-refractivity contribution in [1.82, 2.24) is 10.2 Å². The minimum atomic E-state index is 0. The molecule has 3 unspecified atom stereocenters. The van der Waals surface area contributed by atoms with Crippen molar-refractivity contribution in [3.05, 3.63) is 0 Å². The normalized spacial score (nSPS) is 37.4. The summed E-state index contributed by atoms with van der Waals surface area (Å²) in [6, 6.07) is 1.59. The fourth-order valence-electron chi connectivity index (χ4n) is 2.72. The molecule has 13 heavy (non-hydrogen) atoms. The lowest BCUT2D eigenvalue weighted by Gasteiger charge is -2.38. The van der Waals surface area contributed by atoms with Crippen LogP contribution >= 0.6 is 0 Å². The Hall–Kier alpha value is -0.0800. The van der Waals surface area contributed by atoms with Gasteiger partial charge < -0.3 is 5.32 Å². The van der Waals surface area contributed by atoms with Gasteiger partial charge in [0.05, 0.1) is 0 Å². The summed E-state index contributed by atoms with van der Waals surface area (Å²) in [4.78, 5) is 2.65. The lowest BCUT2D eigenvalue weighted by atomic mass is 9.91. The third-order valence-corrected chi connectivity index (χ3v) is 3.92. The Morgan fingerprint density at radius 2 is 2.38 bits per heavy atom. The van der Waals surface area contributed by atoms with Crippen LogP contribution in [0.15, 0.2) is 0 Å². The van der Waals surface area contributed by atoms with Gasteiger partial charge in [0.1, 0.15) is 0 Å². The van der Waals surface area contributed by atoms with Crippen molar-refractivity contribution in [1.29, 1.82) is 0 Å². The Balaban J connectivity index is 0.000000980. The zero-order valence-electron chi connectivity index (χ0n) is 8.92. The number of fused-ring (bicyclic) bond motifs is 1. The molecule has 2 aliphatic heterocycles. The summed E-state index contributed by atoms with van der Waals surface area (Å²) in [5.41, 5.74) is 0. The molecule has 0 aliphatic carbocycles. The molecule has 78 valence electrons. The van der Waals surface area contributed by atoms with Crippen LogP contribution in [0.5, 0.6) is 0 Å². The first-order chi connectivity index (χ1) is 6.31. The van der Waals surface area contributed by atoms with E-state index < -0.39 is 0 Å². The molecule has 0 saturated carbocycles. The highest BCUT2D eigenvalue weighted by atomic mass is 15.2. The molecule has 2 rings (SSSR count). The van der Waals surface area contributed by atoms with E-state index in [9.17, 15) is 0 Å². The first-order valence-electron chi connectivity index (χ1n) is 5.78. The molecule has 1 N–H and O–H groups in total. The van der Waals surface area contributed by atoms with Crippen molar-refractivity contribution in [2.24, 2.45) is 5.92 Å². The van der Waals surface area contributed by atoms with E-state index >= 15 is 0 Å². The van der Waals surface area contributed by atoms with E-state index in [1.807, 2.05) is 0 Å². The van der Waals surface area contributed by atoms with E-state index in [1.165, 1.54) is 38.9 Å². The lowest BCUT2D eigenvalue weighted by molar-refractivity contribution is 0.124. The molecule has 2 heteroatoms. The fraction of sp³-hybridized carbons (Fsp3) is 1.00. The number of nitrogens with one attached hydrogen (secondary N) is 1. The summed E-state index contributed by atoms with van der Waals surface area (Å²) in [6.07, 6.45) is 4.12. The smallest absolute Gasteiger partial charge is 0.0224 e. The predicted octanol–water partition coefficient (Wildman–Crippen LogP) is 1.71. The van der Waals surface area contributed by atoms with Crippen LogP contribution in [0, 0.1) is 5.92 Å². The summed E-state index contributed by atoms with van der Waals surface area (Å²) < 4.78 is 0. The molecule has 0 aromatic carbocycles. The summed E-state index contributed by atoms with van der Waals surface area (Å²) in [7, 11) is 0. The van der Waals surface area contributed by atoms with Gasteiger partial charge in [0.15, 0.2) is 0 Å². The lowest BCUT2D eigenvalue weighted by Crippen LogP contribution is -2.49. The van der Waals surface area contributed by atoms with Crippen LogP contribution in [-0.2, 0) is 0 Å². The van der Waals surface area contributed by atoms with Crippen molar-refractivity contribution in [2.45, 2.75) is 45.2 Å². The summed E-state index contributed by atoms with van der Waals surface area (Å²) in [5, 5.41) is 3.63. The van der Waals surface area contributed by atoms with E-state index in [4.69, 9.17) is 0 Å². The number of nitrogens with zero attached hydrogens (tertiary/aromatic N) is 1. The highest BCUT2D eigenvalue weighted by molar-refractivity contribution is 4.91.